The number of fused-ring (bicyclic) bond motifs is 1. The van der Waals surface area contributed by atoms with E-state index < -0.39 is 0 Å². The zero-order valence-corrected chi connectivity index (χ0v) is 15.4. The second-order valence-corrected chi connectivity index (χ2v) is 7.00. The molecule has 2 fully saturated rings. The zero-order chi connectivity index (χ0) is 18.8. The van der Waals surface area contributed by atoms with Crippen molar-refractivity contribution in [2.75, 3.05) is 38.4 Å². The van der Waals surface area contributed by atoms with E-state index in [1.807, 2.05) is 0 Å². The van der Waals surface area contributed by atoms with E-state index in [9.17, 15) is 9.59 Å². The Kier molecular flexibility index (Phi) is 5.29. The van der Waals surface area contributed by atoms with Crippen molar-refractivity contribution in [3.63, 3.8) is 0 Å². The molecule has 1 aromatic carbocycles. The fourth-order valence-corrected chi connectivity index (χ4v) is 3.83. The number of nitrogens with one attached hydrogen (secondary N) is 1. The third kappa shape index (κ3) is 3.92. The Morgan fingerprint density at radius 1 is 1.15 bits per heavy atom. The molecule has 8 nitrogen and oxygen atoms in total. The van der Waals surface area contributed by atoms with Crippen LogP contribution in [0.25, 0.3) is 0 Å². The molecule has 0 aliphatic carbocycles. The molecule has 146 valence electrons. The predicted molar refractivity (Wildman–Crippen MR) is 96.1 cm³/mol. The standard InChI is InChI=1S/C19H24N2O6/c1-12(22)13-8-16-17(27-11-26-16)9-14(13)20-18(23)10-21-5-3-2-4-15(21)19-24-6-7-25-19/h8-9,15,19H,2-7,10-11H2,1H3,(H,20,23). The molecule has 0 spiro atoms. The minimum atomic E-state index is -0.267. The van der Waals surface area contributed by atoms with Crippen LogP contribution in [0.4, 0.5) is 5.69 Å². The molecule has 0 aromatic heterocycles. The summed E-state index contributed by atoms with van der Waals surface area (Å²) in [7, 11) is 0. The Balaban J connectivity index is 1.46. The van der Waals surface area contributed by atoms with Gasteiger partial charge in [0.1, 0.15) is 0 Å². The number of carbonyl (C=O) groups is 2. The summed E-state index contributed by atoms with van der Waals surface area (Å²) < 4.78 is 22.0. The van der Waals surface area contributed by atoms with E-state index in [1.54, 1.807) is 12.1 Å². The Labute approximate surface area is 157 Å². The number of carbonyl (C=O) groups excluding carboxylic acids is 2. The van der Waals surface area contributed by atoms with E-state index in [0.29, 0.717) is 36.0 Å². The number of hydrogen-bond acceptors (Lipinski definition) is 7. The minimum absolute atomic E-state index is 0.0797. The number of amides is 1. The van der Waals surface area contributed by atoms with Crippen molar-refractivity contribution >= 4 is 17.4 Å². The largest absolute Gasteiger partial charge is 0.454 e. The first kappa shape index (κ1) is 18.2. The maximum Gasteiger partial charge on any atom is 0.238 e. The highest BCUT2D eigenvalue weighted by Gasteiger charge is 2.34. The van der Waals surface area contributed by atoms with Crippen LogP contribution in [0, 0.1) is 0 Å². The van der Waals surface area contributed by atoms with Crippen LogP contribution in [0.5, 0.6) is 11.5 Å². The number of nitrogens with zero attached hydrogens (tertiary/aromatic N) is 1. The average Bonchev–Trinajstić information content (AvgIpc) is 3.32. The summed E-state index contributed by atoms with van der Waals surface area (Å²) in [6, 6.07) is 3.34. The molecule has 8 heteroatoms. The smallest absolute Gasteiger partial charge is 0.238 e. The van der Waals surface area contributed by atoms with Gasteiger partial charge in [-0.3, -0.25) is 14.5 Å². The number of anilines is 1. The molecular formula is C19H24N2O6. The number of ketones is 1. The SMILES string of the molecule is CC(=O)c1cc2c(cc1NC(=O)CN1CCCCC1C1OCCO1)OCO2. The number of ether oxygens (including phenoxy) is 4. The lowest BCUT2D eigenvalue weighted by Gasteiger charge is -2.37. The molecule has 0 saturated carbocycles. The highest BCUT2D eigenvalue weighted by molar-refractivity contribution is 6.05. The number of Topliss-reactive ketones (excluding diaryl/α,β-unsaturated/α-hetero) is 1. The lowest BCUT2D eigenvalue weighted by Crippen LogP contribution is -2.50. The van der Waals surface area contributed by atoms with Gasteiger partial charge in [0.2, 0.25) is 12.7 Å². The molecule has 1 N–H and O–H groups in total. The van der Waals surface area contributed by atoms with E-state index in [1.165, 1.54) is 6.92 Å². The third-order valence-electron chi connectivity index (χ3n) is 5.14. The highest BCUT2D eigenvalue weighted by Crippen LogP contribution is 2.37. The zero-order valence-electron chi connectivity index (χ0n) is 15.4. The summed E-state index contributed by atoms with van der Waals surface area (Å²) in [5.41, 5.74) is 0.851. The van der Waals surface area contributed by atoms with Crippen molar-refractivity contribution in [3.05, 3.63) is 17.7 Å². The summed E-state index contributed by atoms with van der Waals surface area (Å²) in [5.74, 6) is 0.720. The Morgan fingerprint density at radius 3 is 2.63 bits per heavy atom. The van der Waals surface area contributed by atoms with Crippen molar-refractivity contribution in [2.45, 2.75) is 38.5 Å². The molecule has 4 rings (SSSR count). The fraction of sp³-hybridized carbons (Fsp3) is 0.579. The lowest BCUT2D eigenvalue weighted by atomic mass is 10.0. The van der Waals surface area contributed by atoms with Crippen LogP contribution in [0.1, 0.15) is 36.5 Å². The molecule has 3 heterocycles. The van der Waals surface area contributed by atoms with Gasteiger partial charge in [0.15, 0.2) is 23.6 Å². The first-order chi connectivity index (χ1) is 13.1. The second kappa shape index (κ2) is 7.84. The summed E-state index contributed by atoms with van der Waals surface area (Å²) in [6.07, 6.45) is 2.82. The topological polar surface area (TPSA) is 86.3 Å². The average molecular weight is 376 g/mol. The van der Waals surface area contributed by atoms with Crippen molar-refractivity contribution < 1.29 is 28.5 Å². The molecular weight excluding hydrogens is 352 g/mol. The first-order valence-electron chi connectivity index (χ1n) is 9.33. The Bertz CT molecular complexity index is 731. The first-order valence-corrected chi connectivity index (χ1v) is 9.33. The lowest BCUT2D eigenvalue weighted by molar-refractivity contribution is -0.127. The van der Waals surface area contributed by atoms with E-state index in [4.69, 9.17) is 18.9 Å². The van der Waals surface area contributed by atoms with Crippen LogP contribution in [0.2, 0.25) is 0 Å². The molecule has 3 aliphatic heterocycles. The van der Waals surface area contributed by atoms with Crippen LogP contribution < -0.4 is 14.8 Å². The number of benzene rings is 1. The molecule has 1 amide bonds. The van der Waals surface area contributed by atoms with Gasteiger partial charge in [-0.15, -0.1) is 0 Å². The van der Waals surface area contributed by atoms with E-state index in [0.717, 1.165) is 25.8 Å². The van der Waals surface area contributed by atoms with Gasteiger partial charge >= 0.3 is 0 Å². The normalized spacial score (nSPS) is 22.8. The number of rotatable bonds is 5. The molecule has 27 heavy (non-hydrogen) atoms. The molecule has 1 atom stereocenters. The highest BCUT2D eigenvalue weighted by atomic mass is 16.7. The molecule has 3 aliphatic rings. The quantitative estimate of drug-likeness (QED) is 0.784. The maximum absolute atomic E-state index is 12.7. The number of piperidine rings is 1. The second-order valence-electron chi connectivity index (χ2n) is 7.00. The van der Waals surface area contributed by atoms with Gasteiger partial charge in [-0.1, -0.05) is 6.42 Å². The number of hydrogen-bond donors (Lipinski definition) is 1. The molecule has 0 radical (unpaired) electrons. The summed E-state index contributed by atoms with van der Waals surface area (Å²) in [5, 5.41) is 2.86. The molecule has 1 aromatic rings. The van der Waals surface area contributed by atoms with Gasteiger partial charge in [-0.25, -0.2) is 0 Å². The van der Waals surface area contributed by atoms with Crippen molar-refractivity contribution in [1.82, 2.24) is 4.90 Å². The van der Waals surface area contributed by atoms with Crippen molar-refractivity contribution in [2.24, 2.45) is 0 Å². The van der Waals surface area contributed by atoms with Gasteiger partial charge in [0, 0.05) is 11.6 Å². The Hall–Kier alpha value is -2.16. The maximum atomic E-state index is 12.7. The minimum Gasteiger partial charge on any atom is -0.454 e. The van der Waals surface area contributed by atoms with Crippen LogP contribution in [-0.2, 0) is 14.3 Å². The fourth-order valence-electron chi connectivity index (χ4n) is 3.83. The van der Waals surface area contributed by atoms with Crippen LogP contribution in [0.3, 0.4) is 0 Å². The summed E-state index contributed by atoms with van der Waals surface area (Å²) in [6.45, 7) is 3.81. The van der Waals surface area contributed by atoms with E-state index in [2.05, 4.69) is 10.2 Å². The molecule has 2 saturated heterocycles. The molecule has 0 bridgehead atoms. The van der Waals surface area contributed by atoms with Crippen LogP contribution >= 0.6 is 0 Å². The number of likely N-dealkylation sites (tertiary alicyclic amines) is 1. The van der Waals surface area contributed by atoms with E-state index in [-0.39, 0.29) is 37.4 Å². The summed E-state index contributed by atoms with van der Waals surface area (Å²) in [4.78, 5) is 26.8. The van der Waals surface area contributed by atoms with Crippen LogP contribution in [-0.4, -0.2) is 62.0 Å². The van der Waals surface area contributed by atoms with E-state index >= 15 is 0 Å². The third-order valence-corrected chi connectivity index (χ3v) is 5.14. The van der Waals surface area contributed by atoms with Gasteiger partial charge in [-0.2, -0.15) is 0 Å². The predicted octanol–water partition coefficient (Wildman–Crippen LogP) is 1.78. The van der Waals surface area contributed by atoms with Gasteiger partial charge in [0.05, 0.1) is 31.5 Å². The van der Waals surface area contributed by atoms with Gasteiger partial charge in [-0.05, 0) is 32.4 Å². The van der Waals surface area contributed by atoms with Gasteiger partial charge in [0.25, 0.3) is 0 Å². The van der Waals surface area contributed by atoms with Gasteiger partial charge < -0.3 is 24.3 Å². The Morgan fingerprint density at radius 2 is 1.89 bits per heavy atom. The van der Waals surface area contributed by atoms with Crippen LogP contribution in [0.15, 0.2) is 12.1 Å². The monoisotopic (exact) mass is 376 g/mol. The van der Waals surface area contributed by atoms with Crippen molar-refractivity contribution in [3.8, 4) is 11.5 Å². The molecule has 1 unspecified atom stereocenters. The van der Waals surface area contributed by atoms with Crippen molar-refractivity contribution in [1.29, 1.82) is 0 Å². The summed E-state index contributed by atoms with van der Waals surface area (Å²) >= 11 is 0.